The molecule has 0 saturated heterocycles. The van der Waals surface area contributed by atoms with Crippen LogP contribution in [0.4, 0.5) is 0 Å². The van der Waals surface area contributed by atoms with Gasteiger partial charge in [0.15, 0.2) is 0 Å². The van der Waals surface area contributed by atoms with Gasteiger partial charge < -0.3 is 4.74 Å². The molecule has 0 aliphatic carbocycles. The molecule has 72 valence electrons. The number of hydrogen-bond acceptors (Lipinski definition) is 2. The summed E-state index contributed by atoms with van der Waals surface area (Å²) in [5, 5.41) is 0. The molecule has 1 atom stereocenters. The van der Waals surface area contributed by atoms with Crippen LogP contribution in [0.2, 0.25) is 0 Å². The number of alkyl halides is 2. The number of ether oxygens (including phenoxy) is 1. The third kappa shape index (κ3) is 6.45. The Labute approximate surface area is 101 Å². The fraction of sp³-hybridized carbons (Fsp3) is 0.875. The van der Waals surface area contributed by atoms with Crippen molar-refractivity contribution in [2.24, 2.45) is 5.92 Å². The lowest BCUT2D eigenvalue weighted by atomic mass is 10.1. The second-order valence-corrected chi connectivity index (χ2v) is 4.47. The van der Waals surface area contributed by atoms with E-state index < -0.39 is 0 Å². The number of esters is 1. The highest BCUT2D eigenvalue weighted by Crippen LogP contribution is 2.14. The first-order chi connectivity index (χ1) is 5.74. The van der Waals surface area contributed by atoms with E-state index in [1.54, 1.807) is 0 Å². The summed E-state index contributed by atoms with van der Waals surface area (Å²) in [6, 6.07) is 0. The van der Waals surface area contributed by atoms with E-state index in [0.29, 0.717) is 18.9 Å². The molecule has 0 aliphatic rings. The molecule has 0 heterocycles. The van der Waals surface area contributed by atoms with E-state index in [4.69, 9.17) is 4.74 Å². The van der Waals surface area contributed by atoms with Crippen LogP contribution in [0.15, 0.2) is 0 Å². The molecule has 0 aromatic heterocycles. The van der Waals surface area contributed by atoms with E-state index in [1.807, 2.05) is 6.92 Å². The fourth-order valence-corrected chi connectivity index (χ4v) is 2.48. The molecule has 4 heteroatoms. The van der Waals surface area contributed by atoms with Crippen molar-refractivity contribution in [3.05, 3.63) is 0 Å². The van der Waals surface area contributed by atoms with Gasteiger partial charge in [0, 0.05) is 10.8 Å². The molecular weight excluding hydrogens is 382 g/mol. The third-order valence-electron chi connectivity index (χ3n) is 1.50. The minimum atomic E-state index is -0.0518. The van der Waals surface area contributed by atoms with Gasteiger partial charge in [-0.25, -0.2) is 0 Å². The third-order valence-corrected chi connectivity index (χ3v) is 3.36. The van der Waals surface area contributed by atoms with E-state index in [-0.39, 0.29) is 5.97 Å². The predicted molar refractivity (Wildman–Crippen MR) is 67.1 cm³/mol. The van der Waals surface area contributed by atoms with Crippen molar-refractivity contribution in [1.29, 1.82) is 0 Å². The lowest BCUT2D eigenvalue weighted by Crippen LogP contribution is -2.13. The Morgan fingerprint density at radius 3 is 2.58 bits per heavy atom. The first-order valence-corrected chi connectivity index (χ1v) is 7.07. The zero-order valence-corrected chi connectivity index (χ0v) is 11.5. The molecule has 1 unspecified atom stereocenters. The maximum absolute atomic E-state index is 11.1. The van der Waals surface area contributed by atoms with Crippen molar-refractivity contribution in [1.82, 2.24) is 0 Å². The van der Waals surface area contributed by atoms with Gasteiger partial charge in [-0.1, -0.05) is 45.2 Å². The minimum absolute atomic E-state index is 0.0518. The van der Waals surface area contributed by atoms with E-state index in [1.165, 1.54) is 0 Å². The molecule has 0 saturated carbocycles. The number of hydrogen-bond donors (Lipinski definition) is 0. The summed E-state index contributed by atoms with van der Waals surface area (Å²) in [6.45, 7) is 2.34. The Morgan fingerprint density at radius 2 is 2.17 bits per heavy atom. The van der Waals surface area contributed by atoms with Crippen LogP contribution in [-0.2, 0) is 9.53 Å². The van der Waals surface area contributed by atoms with Crippen molar-refractivity contribution < 1.29 is 9.53 Å². The second-order valence-electron chi connectivity index (χ2n) is 2.51. The lowest BCUT2D eigenvalue weighted by Gasteiger charge is -2.10. The zero-order chi connectivity index (χ0) is 9.40. The molecular formula is C8H14I2O2. The van der Waals surface area contributed by atoms with E-state index in [9.17, 15) is 4.79 Å². The summed E-state index contributed by atoms with van der Waals surface area (Å²) in [6.07, 6.45) is 1.70. The quantitative estimate of drug-likeness (QED) is 0.392. The van der Waals surface area contributed by atoms with Gasteiger partial charge in [-0.2, -0.15) is 0 Å². The van der Waals surface area contributed by atoms with E-state index >= 15 is 0 Å². The Kier molecular flexibility index (Phi) is 9.19. The van der Waals surface area contributed by atoms with Crippen molar-refractivity contribution in [3.8, 4) is 0 Å². The molecule has 0 aromatic rings. The summed E-state index contributed by atoms with van der Waals surface area (Å²) >= 11 is 4.66. The van der Waals surface area contributed by atoms with Crippen LogP contribution in [0.5, 0.6) is 0 Å². The molecule has 0 bridgehead atoms. The number of carbonyl (C=O) groups is 1. The summed E-state index contributed by atoms with van der Waals surface area (Å²) in [7, 11) is 0. The first kappa shape index (κ1) is 12.9. The SMILES string of the molecule is CCOC(=O)CC(CI)CCI. The molecule has 12 heavy (non-hydrogen) atoms. The average Bonchev–Trinajstić information content (AvgIpc) is 2.04. The Balaban J connectivity index is 3.61. The monoisotopic (exact) mass is 396 g/mol. The number of halogens is 2. The van der Waals surface area contributed by atoms with Crippen molar-refractivity contribution >= 4 is 51.2 Å². The average molecular weight is 396 g/mol. The minimum Gasteiger partial charge on any atom is -0.466 e. The molecule has 0 rings (SSSR count). The van der Waals surface area contributed by atoms with Crippen molar-refractivity contribution in [2.75, 3.05) is 15.5 Å². The molecule has 0 amide bonds. The van der Waals surface area contributed by atoms with Gasteiger partial charge in [0.25, 0.3) is 0 Å². The van der Waals surface area contributed by atoms with Crippen LogP contribution < -0.4 is 0 Å². The van der Waals surface area contributed by atoms with Crippen LogP contribution >= 0.6 is 45.2 Å². The van der Waals surface area contributed by atoms with Crippen LogP contribution in [0, 0.1) is 5.92 Å². The second kappa shape index (κ2) is 8.52. The molecule has 0 fully saturated rings. The van der Waals surface area contributed by atoms with Gasteiger partial charge in [-0.15, -0.1) is 0 Å². The number of carbonyl (C=O) groups excluding carboxylic acids is 1. The highest BCUT2D eigenvalue weighted by molar-refractivity contribution is 14.1. The summed E-state index contributed by atoms with van der Waals surface area (Å²) in [5.74, 6) is 0.450. The molecule has 0 radical (unpaired) electrons. The fourth-order valence-electron chi connectivity index (χ4n) is 0.844. The maximum atomic E-state index is 11.1. The molecule has 2 nitrogen and oxygen atoms in total. The molecule has 0 spiro atoms. The van der Waals surface area contributed by atoms with Crippen LogP contribution in [-0.4, -0.2) is 21.4 Å². The van der Waals surface area contributed by atoms with Crippen LogP contribution in [0.25, 0.3) is 0 Å². The Hall–Kier alpha value is 0.930. The normalized spacial score (nSPS) is 12.6. The summed E-state index contributed by atoms with van der Waals surface area (Å²) in [4.78, 5) is 11.1. The van der Waals surface area contributed by atoms with Gasteiger partial charge in [-0.3, -0.25) is 4.79 Å². The van der Waals surface area contributed by atoms with Gasteiger partial charge in [0.2, 0.25) is 0 Å². The molecule has 0 N–H and O–H groups in total. The van der Waals surface area contributed by atoms with Crippen molar-refractivity contribution in [2.45, 2.75) is 19.8 Å². The zero-order valence-electron chi connectivity index (χ0n) is 7.19. The largest absolute Gasteiger partial charge is 0.466 e. The smallest absolute Gasteiger partial charge is 0.306 e. The highest BCUT2D eigenvalue weighted by Gasteiger charge is 2.12. The Bertz CT molecular complexity index is 128. The van der Waals surface area contributed by atoms with Crippen LogP contribution in [0.1, 0.15) is 19.8 Å². The van der Waals surface area contributed by atoms with Crippen LogP contribution in [0.3, 0.4) is 0 Å². The topological polar surface area (TPSA) is 26.3 Å². The Morgan fingerprint density at radius 1 is 1.50 bits per heavy atom. The summed E-state index contributed by atoms with van der Waals surface area (Å²) in [5.41, 5.74) is 0. The standard InChI is InChI=1S/C8H14I2O2/c1-2-12-8(11)5-7(6-10)3-4-9/h7H,2-6H2,1H3. The van der Waals surface area contributed by atoms with E-state index in [2.05, 4.69) is 45.2 Å². The first-order valence-electron chi connectivity index (χ1n) is 4.02. The highest BCUT2D eigenvalue weighted by atomic mass is 127. The van der Waals surface area contributed by atoms with Gasteiger partial charge >= 0.3 is 5.97 Å². The maximum Gasteiger partial charge on any atom is 0.306 e. The predicted octanol–water partition coefficient (Wildman–Crippen LogP) is 2.82. The van der Waals surface area contributed by atoms with Gasteiger partial charge in [0.1, 0.15) is 0 Å². The van der Waals surface area contributed by atoms with Crippen molar-refractivity contribution in [3.63, 3.8) is 0 Å². The summed E-state index contributed by atoms with van der Waals surface area (Å²) < 4.78 is 7.03. The van der Waals surface area contributed by atoms with E-state index in [0.717, 1.165) is 15.3 Å². The van der Waals surface area contributed by atoms with Gasteiger partial charge in [0.05, 0.1) is 6.61 Å². The molecule has 0 aliphatic heterocycles. The number of rotatable bonds is 6. The lowest BCUT2D eigenvalue weighted by molar-refractivity contribution is -0.144. The van der Waals surface area contributed by atoms with Gasteiger partial charge in [-0.05, 0) is 23.7 Å². The molecule has 0 aromatic carbocycles.